The number of ether oxygens (including phenoxy) is 1. The standard InChI is InChI=1S/C14H25N3O/c1-5-17-8-12(7-16-17)6-13(15)14-9(2)10(3)18-11(14)4/h7-11,13-14H,5-6,15H2,1-4H3. The fourth-order valence-electron chi connectivity index (χ4n) is 3.12. The highest BCUT2D eigenvalue weighted by Crippen LogP contribution is 2.34. The zero-order valence-corrected chi connectivity index (χ0v) is 11.8. The van der Waals surface area contributed by atoms with Gasteiger partial charge in [0, 0.05) is 24.7 Å². The Morgan fingerprint density at radius 3 is 2.61 bits per heavy atom. The first-order valence-corrected chi connectivity index (χ1v) is 6.95. The predicted octanol–water partition coefficient (Wildman–Crippen LogP) is 1.83. The molecule has 0 aliphatic carbocycles. The topological polar surface area (TPSA) is 53.1 Å². The third kappa shape index (κ3) is 2.59. The van der Waals surface area contributed by atoms with Crippen molar-refractivity contribution >= 4 is 0 Å². The second-order valence-corrected chi connectivity index (χ2v) is 5.56. The Labute approximate surface area is 110 Å². The minimum absolute atomic E-state index is 0.148. The van der Waals surface area contributed by atoms with Gasteiger partial charge in [-0.15, -0.1) is 0 Å². The van der Waals surface area contributed by atoms with Crippen molar-refractivity contribution in [1.29, 1.82) is 0 Å². The number of hydrogen-bond donors (Lipinski definition) is 1. The van der Waals surface area contributed by atoms with E-state index in [9.17, 15) is 0 Å². The van der Waals surface area contributed by atoms with Gasteiger partial charge >= 0.3 is 0 Å². The van der Waals surface area contributed by atoms with Gasteiger partial charge in [-0.3, -0.25) is 4.68 Å². The van der Waals surface area contributed by atoms with Crippen LogP contribution in [0.3, 0.4) is 0 Å². The minimum Gasteiger partial charge on any atom is -0.375 e. The molecule has 2 N–H and O–H groups in total. The molecule has 5 unspecified atom stereocenters. The SMILES string of the molecule is CCn1cc(CC(N)C2C(C)OC(C)C2C)cn1. The van der Waals surface area contributed by atoms with Crippen molar-refractivity contribution in [3.63, 3.8) is 0 Å². The van der Waals surface area contributed by atoms with Crippen LogP contribution in [0.4, 0.5) is 0 Å². The molecule has 0 bridgehead atoms. The predicted molar refractivity (Wildman–Crippen MR) is 72.2 cm³/mol. The summed E-state index contributed by atoms with van der Waals surface area (Å²) in [4.78, 5) is 0. The monoisotopic (exact) mass is 251 g/mol. The number of aryl methyl sites for hydroxylation is 1. The van der Waals surface area contributed by atoms with Crippen LogP contribution in [0.1, 0.15) is 33.3 Å². The summed E-state index contributed by atoms with van der Waals surface area (Å²) in [6, 6.07) is 0.148. The van der Waals surface area contributed by atoms with Crippen molar-refractivity contribution in [1.82, 2.24) is 9.78 Å². The van der Waals surface area contributed by atoms with Gasteiger partial charge in [0.05, 0.1) is 18.4 Å². The largest absolute Gasteiger partial charge is 0.375 e. The average molecular weight is 251 g/mol. The van der Waals surface area contributed by atoms with Gasteiger partial charge in [-0.2, -0.15) is 5.10 Å². The molecule has 1 aliphatic rings. The fraction of sp³-hybridized carbons (Fsp3) is 0.786. The van der Waals surface area contributed by atoms with Crippen molar-refractivity contribution < 1.29 is 4.74 Å². The van der Waals surface area contributed by atoms with Gasteiger partial charge in [0.1, 0.15) is 0 Å². The first-order valence-electron chi connectivity index (χ1n) is 6.95. The lowest BCUT2D eigenvalue weighted by atomic mass is 9.82. The third-order valence-corrected chi connectivity index (χ3v) is 4.30. The lowest BCUT2D eigenvalue weighted by Gasteiger charge is -2.25. The molecule has 1 aromatic rings. The Balaban J connectivity index is 2.01. The van der Waals surface area contributed by atoms with Crippen LogP contribution in [-0.2, 0) is 17.7 Å². The molecule has 0 aromatic carbocycles. The Morgan fingerprint density at radius 1 is 1.39 bits per heavy atom. The maximum atomic E-state index is 6.39. The van der Waals surface area contributed by atoms with Gasteiger partial charge in [0.15, 0.2) is 0 Å². The lowest BCUT2D eigenvalue weighted by Crippen LogP contribution is -2.39. The maximum absolute atomic E-state index is 6.39. The molecule has 1 saturated heterocycles. The van der Waals surface area contributed by atoms with Gasteiger partial charge in [0.25, 0.3) is 0 Å². The molecular formula is C14H25N3O. The number of aromatic nitrogens is 2. The zero-order valence-electron chi connectivity index (χ0n) is 11.8. The highest BCUT2D eigenvalue weighted by molar-refractivity contribution is 5.08. The van der Waals surface area contributed by atoms with E-state index in [1.54, 1.807) is 0 Å². The van der Waals surface area contributed by atoms with E-state index in [1.165, 1.54) is 5.56 Å². The van der Waals surface area contributed by atoms with Crippen molar-refractivity contribution in [3.8, 4) is 0 Å². The molecule has 1 fully saturated rings. The van der Waals surface area contributed by atoms with Gasteiger partial charge in [-0.05, 0) is 38.7 Å². The summed E-state index contributed by atoms with van der Waals surface area (Å²) in [5.41, 5.74) is 7.61. The van der Waals surface area contributed by atoms with E-state index in [-0.39, 0.29) is 12.1 Å². The van der Waals surface area contributed by atoms with Crippen molar-refractivity contribution in [3.05, 3.63) is 18.0 Å². The summed E-state index contributed by atoms with van der Waals surface area (Å²) in [6.45, 7) is 9.52. The molecule has 4 heteroatoms. The first kappa shape index (κ1) is 13.6. The molecule has 18 heavy (non-hydrogen) atoms. The zero-order chi connectivity index (χ0) is 13.3. The second kappa shape index (κ2) is 5.41. The quantitative estimate of drug-likeness (QED) is 0.888. The molecule has 0 spiro atoms. The van der Waals surface area contributed by atoms with Gasteiger partial charge in [-0.25, -0.2) is 0 Å². The summed E-state index contributed by atoms with van der Waals surface area (Å²) in [7, 11) is 0. The molecule has 0 amide bonds. The molecular weight excluding hydrogens is 226 g/mol. The number of rotatable bonds is 4. The van der Waals surface area contributed by atoms with Crippen molar-refractivity contribution in [2.45, 2.75) is 58.9 Å². The summed E-state index contributed by atoms with van der Waals surface area (Å²) < 4.78 is 7.82. The van der Waals surface area contributed by atoms with Crippen molar-refractivity contribution in [2.24, 2.45) is 17.6 Å². The Hall–Kier alpha value is -0.870. The smallest absolute Gasteiger partial charge is 0.0597 e. The van der Waals surface area contributed by atoms with Crippen LogP contribution in [0.2, 0.25) is 0 Å². The first-order chi connectivity index (χ1) is 8.52. The molecule has 4 nitrogen and oxygen atoms in total. The van der Waals surface area contributed by atoms with Crippen LogP contribution in [0, 0.1) is 11.8 Å². The Morgan fingerprint density at radius 2 is 2.11 bits per heavy atom. The highest BCUT2D eigenvalue weighted by Gasteiger charge is 2.40. The Bertz CT molecular complexity index is 390. The number of hydrogen-bond acceptors (Lipinski definition) is 3. The van der Waals surface area contributed by atoms with E-state index in [1.807, 2.05) is 10.9 Å². The van der Waals surface area contributed by atoms with Crippen LogP contribution >= 0.6 is 0 Å². The van der Waals surface area contributed by atoms with E-state index in [0.717, 1.165) is 13.0 Å². The third-order valence-electron chi connectivity index (χ3n) is 4.30. The summed E-state index contributed by atoms with van der Waals surface area (Å²) in [5, 5.41) is 4.30. The van der Waals surface area contributed by atoms with Gasteiger partial charge in [0.2, 0.25) is 0 Å². The second-order valence-electron chi connectivity index (χ2n) is 5.56. The Kier molecular flexibility index (Phi) is 4.07. The average Bonchev–Trinajstić information content (AvgIpc) is 2.85. The van der Waals surface area contributed by atoms with Gasteiger partial charge in [-0.1, -0.05) is 6.92 Å². The van der Waals surface area contributed by atoms with Crippen molar-refractivity contribution in [2.75, 3.05) is 0 Å². The van der Waals surface area contributed by atoms with Crippen LogP contribution in [0.15, 0.2) is 12.4 Å². The lowest BCUT2D eigenvalue weighted by molar-refractivity contribution is 0.0490. The van der Waals surface area contributed by atoms with E-state index in [0.29, 0.717) is 17.9 Å². The van der Waals surface area contributed by atoms with E-state index in [4.69, 9.17) is 10.5 Å². The summed E-state index contributed by atoms with van der Waals surface area (Å²) in [5.74, 6) is 0.959. The number of nitrogens with two attached hydrogens (primary N) is 1. The highest BCUT2D eigenvalue weighted by atomic mass is 16.5. The summed E-state index contributed by atoms with van der Waals surface area (Å²) in [6.07, 6.45) is 5.47. The van der Waals surface area contributed by atoms with Crippen LogP contribution in [-0.4, -0.2) is 28.0 Å². The van der Waals surface area contributed by atoms with E-state index in [2.05, 4.69) is 39.0 Å². The molecule has 102 valence electrons. The molecule has 1 aromatic heterocycles. The molecule has 5 atom stereocenters. The van der Waals surface area contributed by atoms with Crippen LogP contribution in [0.5, 0.6) is 0 Å². The molecule has 0 radical (unpaired) electrons. The maximum Gasteiger partial charge on any atom is 0.0597 e. The van der Waals surface area contributed by atoms with E-state index >= 15 is 0 Å². The fourth-order valence-corrected chi connectivity index (χ4v) is 3.12. The normalized spacial score (nSPS) is 33.8. The minimum atomic E-state index is 0.148. The van der Waals surface area contributed by atoms with E-state index < -0.39 is 0 Å². The number of nitrogens with zero attached hydrogens (tertiary/aromatic N) is 2. The molecule has 2 heterocycles. The molecule has 2 rings (SSSR count). The van der Waals surface area contributed by atoms with Gasteiger partial charge < -0.3 is 10.5 Å². The summed E-state index contributed by atoms with van der Waals surface area (Å²) >= 11 is 0. The molecule has 1 aliphatic heterocycles. The molecule has 0 saturated carbocycles. The van der Waals surface area contributed by atoms with Crippen LogP contribution in [0.25, 0.3) is 0 Å². The van der Waals surface area contributed by atoms with Crippen LogP contribution < -0.4 is 5.73 Å².